The number of halogens is 2. The lowest BCUT2D eigenvalue weighted by Gasteiger charge is -2.38. The molecule has 0 aliphatic carbocycles. The number of carbonyl (C=O) groups excluding carboxylic acids is 2. The van der Waals surface area contributed by atoms with Gasteiger partial charge in [0.25, 0.3) is 0 Å². The Labute approximate surface area is 283 Å². The van der Waals surface area contributed by atoms with Crippen LogP contribution >= 0.6 is 31.9 Å². The number of methoxy groups -OCH3 is 1. The molecule has 3 aromatic carbocycles. The molecule has 0 radical (unpaired) electrons. The van der Waals surface area contributed by atoms with Gasteiger partial charge in [-0.1, -0.05) is 24.3 Å². The van der Waals surface area contributed by atoms with Gasteiger partial charge in [-0.25, -0.2) is 9.59 Å². The van der Waals surface area contributed by atoms with E-state index in [0.717, 1.165) is 37.0 Å². The van der Waals surface area contributed by atoms with Gasteiger partial charge in [0.15, 0.2) is 0 Å². The number of carbonyl (C=O) groups is 2. The van der Waals surface area contributed by atoms with Crippen LogP contribution in [0.3, 0.4) is 0 Å². The highest BCUT2D eigenvalue weighted by atomic mass is 79.9. The smallest absolute Gasteiger partial charge is 0.326 e. The largest absolute Gasteiger partial charge is 0.495 e. The number of piperazine rings is 1. The van der Waals surface area contributed by atoms with E-state index in [1.165, 1.54) is 0 Å². The summed E-state index contributed by atoms with van der Waals surface area (Å²) in [7, 11) is 1.66. The van der Waals surface area contributed by atoms with Crippen LogP contribution in [-0.4, -0.2) is 83.7 Å². The van der Waals surface area contributed by atoms with Crippen molar-refractivity contribution in [1.29, 1.82) is 0 Å². The Bertz CT molecular complexity index is 1770. The number of likely N-dealkylation sites (tertiary alicyclic amines) is 1. The van der Waals surface area contributed by atoms with Crippen LogP contribution in [0, 0.1) is 0 Å². The van der Waals surface area contributed by atoms with Gasteiger partial charge >= 0.3 is 11.7 Å². The first-order chi connectivity index (χ1) is 22.2. The number of H-pyrrole nitrogens is 1. The van der Waals surface area contributed by atoms with Gasteiger partial charge in [-0.3, -0.25) is 9.36 Å². The number of imidazole rings is 1. The number of urea groups is 1. The van der Waals surface area contributed by atoms with Crippen molar-refractivity contribution in [2.45, 2.75) is 31.3 Å². The molecule has 13 heteroatoms. The number of rotatable bonds is 7. The van der Waals surface area contributed by atoms with Crippen molar-refractivity contribution in [3.63, 3.8) is 0 Å². The fourth-order valence-corrected chi connectivity index (χ4v) is 7.76. The Hall–Kier alpha value is -3.97. The number of piperidine rings is 1. The minimum atomic E-state index is -0.776. The van der Waals surface area contributed by atoms with E-state index in [9.17, 15) is 14.4 Å². The highest BCUT2D eigenvalue weighted by Crippen LogP contribution is 2.31. The number of nitrogens with zero attached hydrogens (tertiary/aromatic N) is 4. The zero-order valence-electron chi connectivity index (χ0n) is 25.5. The van der Waals surface area contributed by atoms with E-state index >= 15 is 0 Å². The first-order valence-corrected chi connectivity index (χ1v) is 17.0. The van der Waals surface area contributed by atoms with Crippen LogP contribution < -0.4 is 26.4 Å². The van der Waals surface area contributed by atoms with Crippen molar-refractivity contribution in [3.05, 3.63) is 85.7 Å². The predicted molar refractivity (Wildman–Crippen MR) is 186 cm³/mol. The number of fused-ring (bicyclic) bond motifs is 1. The minimum Gasteiger partial charge on any atom is -0.495 e. The summed E-state index contributed by atoms with van der Waals surface area (Å²) in [4.78, 5) is 49.2. The number of nitrogens with two attached hydrogens (primary N) is 1. The van der Waals surface area contributed by atoms with Gasteiger partial charge in [0, 0.05) is 60.7 Å². The maximum atomic E-state index is 14.1. The Balaban J connectivity index is 1.15. The number of benzene rings is 3. The lowest BCUT2D eigenvalue weighted by Crippen LogP contribution is -2.57. The van der Waals surface area contributed by atoms with Gasteiger partial charge in [-0.15, -0.1) is 0 Å². The molecule has 3 heterocycles. The number of anilines is 2. The first kappa shape index (κ1) is 32.0. The summed E-state index contributed by atoms with van der Waals surface area (Å²) in [5, 5.41) is 3.06. The maximum absolute atomic E-state index is 14.1. The van der Waals surface area contributed by atoms with E-state index in [2.05, 4.69) is 47.1 Å². The molecule has 2 fully saturated rings. The second kappa shape index (κ2) is 13.8. The van der Waals surface area contributed by atoms with Crippen molar-refractivity contribution in [2.75, 3.05) is 57.0 Å². The Kier molecular flexibility index (Phi) is 9.60. The number of hydrogen-bond donors (Lipinski definition) is 3. The lowest BCUT2D eigenvalue weighted by atomic mass is 10.0. The van der Waals surface area contributed by atoms with E-state index in [4.69, 9.17) is 10.5 Å². The van der Waals surface area contributed by atoms with Crippen LogP contribution in [0.15, 0.2) is 74.4 Å². The van der Waals surface area contributed by atoms with E-state index in [1.54, 1.807) is 16.6 Å². The van der Waals surface area contributed by atoms with Crippen molar-refractivity contribution in [1.82, 2.24) is 24.7 Å². The zero-order valence-corrected chi connectivity index (χ0v) is 28.7. The van der Waals surface area contributed by atoms with Gasteiger partial charge in [0.2, 0.25) is 5.91 Å². The predicted octanol–water partition coefficient (Wildman–Crippen LogP) is 4.75. The first-order valence-electron chi connectivity index (χ1n) is 15.4. The topological polar surface area (TPSA) is 129 Å². The third-order valence-electron chi connectivity index (χ3n) is 8.93. The average molecular weight is 756 g/mol. The average Bonchev–Trinajstić information content (AvgIpc) is 3.42. The zero-order chi connectivity index (χ0) is 32.4. The SMILES string of the molecule is COc1ccccc1N1CCN(C(=O)[C@@H](Cc2cc(Br)c(N)c(Br)c2)NC(=O)N2CCC(n3c(=O)[nH]c4ccccc43)CC2)CC1. The molecule has 1 aromatic heterocycles. The van der Waals surface area contributed by atoms with Crippen molar-refractivity contribution in [3.8, 4) is 5.75 Å². The van der Waals surface area contributed by atoms with Crippen LogP contribution in [0.1, 0.15) is 24.4 Å². The van der Waals surface area contributed by atoms with Gasteiger partial charge in [0.05, 0.1) is 29.5 Å². The number of aromatic nitrogens is 2. The molecule has 6 rings (SSSR count). The summed E-state index contributed by atoms with van der Waals surface area (Å²) in [6.07, 6.45) is 1.57. The molecule has 0 spiro atoms. The van der Waals surface area contributed by atoms with Crippen molar-refractivity contribution >= 4 is 66.2 Å². The Morgan fingerprint density at radius 2 is 1.61 bits per heavy atom. The number of ether oxygens (including phenoxy) is 1. The molecule has 0 unspecified atom stereocenters. The Morgan fingerprint density at radius 1 is 0.957 bits per heavy atom. The normalized spacial score (nSPS) is 16.5. The van der Waals surface area contributed by atoms with Crippen LogP contribution in [0.5, 0.6) is 5.75 Å². The lowest BCUT2D eigenvalue weighted by molar-refractivity contribution is -0.133. The quantitative estimate of drug-likeness (QED) is 0.234. The van der Waals surface area contributed by atoms with Crippen molar-refractivity contribution in [2.24, 2.45) is 0 Å². The van der Waals surface area contributed by atoms with E-state index in [-0.39, 0.29) is 23.7 Å². The molecule has 46 heavy (non-hydrogen) atoms. The van der Waals surface area contributed by atoms with Gasteiger partial charge in [-0.05, 0) is 86.7 Å². The number of nitrogen functional groups attached to an aromatic ring is 1. The highest BCUT2D eigenvalue weighted by Gasteiger charge is 2.32. The van der Waals surface area contributed by atoms with E-state index in [1.807, 2.05) is 65.6 Å². The summed E-state index contributed by atoms with van der Waals surface area (Å²) in [5.74, 6) is 0.669. The second-order valence-electron chi connectivity index (χ2n) is 11.7. The summed E-state index contributed by atoms with van der Waals surface area (Å²) in [5.41, 5.74) is 10.1. The minimum absolute atomic E-state index is 0.0193. The summed E-state index contributed by atoms with van der Waals surface area (Å²) in [6, 6.07) is 18.2. The molecule has 2 saturated heterocycles. The summed E-state index contributed by atoms with van der Waals surface area (Å²) < 4.78 is 8.79. The third kappa shape index (κ3) is 6.61. The van der Waals surface area contributed by atoms with Gasteiger partial charge in [-0.2, -0.15) is 0 Å². The Morgan fingerprint density at radius 3 is 2.30 bits per heavy atom. The number of amides is 3. The summed E-state index contributed by atoms with van der Waals surface area (Å²) in [6.45, 7) is 3.27. The van der Waals surface area contributed by atoms with E-state index in [0.29, 0.717) is 64.2 Å². The van der Waals surface area contributed by atoms with Gasteiger partial charge in [0.1, 0.15) is 11.8 Å². The third-order valence-corrected chi connectivity index (χ3v) is 10.2. The van der Waals surface area contributed by atoms with E-state index < -0.39 is 6.04 Å². The molecule has 4 N–H and O–H groups in total. The molecular formula is C33H37Br2N7O4. The van der Waals surface area contributed by atoms with Crippen LogP contribution in [0.2, 0.25) is 0 Å². The fourth-order valence-electron chi connectivity index (χ4n) is 6.47. The molecule has 3 amide bonds. The molecule has 1 atom stereocenters. The molecule has 242 valence electrons. The fraction of sp³-hybridized carbons (Fsp3) is 0.364. The maximum Gasteiger partial charge on any atom is 0.326 e. The summed E-state index contributed by atoms with van der Waals surface area (Å²) >= 11 is 7.02. The molecular weight excluding hydrogens is 718 g/mol. The molecule has 2 aliphatic heterocycles. The molecule has 4 aromatic rings. The van der Waals surface area contributed by atoms with Crippen LogP contribution in [-0.2, 0) is 11.2 Å². The highest BCUT2D eigenvalue weighted by molar-refractivity contribution is 9.11. The number of para-hydroxylation sites is 4. The number of hydrogen-bond acceptors (Lipinski definition) is 6. The molecule has 11 nitrogen and oxygen atoms in total. The van der Waals surface area contributed by atoms with Crippen LogP contribution in [0.4, 0.5) is 16.2 Å². The van der Waals surface area contributed by atoms with Gasteiger partial charge < -0.3 is 35.5 Å². The van der Waals surface area contributed by atoms with Crippen molar-refractivity contribution < 1.29 is 14.3 Å². The number of nitrogens with one attached hydrogen (secondary N) is 2. The van der Waals surface area contributed by atoms with Crippen LogP contribution in [0.25, 0.3) is 11.0 Å². The molecule has 2 aliphatic rings. The molecule has 0 bridgehead atoms. The standard InChI is InChI=1S/C33H37Br2N7O4/c1-46-29-9-5-4-8-28(29)39-14-16-40(17-15-39)31(43)26(20-21-18-23(34)30(36)24(35)19-21)38-32(44)41-12-10-22(11-13-41)42-27-7-3-2-6-25(27)37-33(42)45/h2-9,18-19,22,26H,10-17,20,36H2,1H3,(H,37,45)(H,38,44)/t26-/m1/s1. The molecule has 0 saturated carbocycles. The number of aromatic amines is 1. The second-order valence-corrected chi connectivity index (χ2v) is 13.4. The monoisotopic (exact) mass is 753 g/mol.